The van der Waals surface area contributed by atoms with E-state index in [2.05, 4.69) is 5.32 Å². The van der Waals surface area contributed by atoms with Gasteiger partial charge in [-0.2, -0.15) is 0 Å². The fraction of sp³-hybridized carbons (Fsp3) is 0.300. The van der Waals surface area contributed by atoms with Crippen LogP contribution in [0.4, 0.5) is 5.69 Å². The quantitative estimate of drug-likeness (QED) is 0.715. The van der Waals surface area contributed by atoms with E-state index in [0.717, 1.165) is 0 Å². The van der Waals surface area contributed by atoms with E-state index in [1.807, 2.05) is 6.92 Å². The van der Waals surface area contributed by atoms with Gasteiger partial charge in [0.25, 0.3) is 5.91 Å². The molecule has 2 aromatic carbocycles. The largest absolute Gasteiger partial charge is 0.497 e. The third kappa shape index (κ3) is 5.37. The van der Waals surface area contributed by atoms with Crippen molar-refractivity contribution in [2.45, 2.75) is 20.0 Å². The van der Waals surface area contributed by atoms with Crippen LogP contribution in [0.5, 0.6) is 17.2 Å². The molecule has 1 amide bonds. The second-order valence-electron chi connectivity index (χ2n) is 5.56. The van der Waals surface area contributed by atoms with Gasteiger partial charge >= 0.3 is 5.97 Å². The van der Waals surface area contributed by atoms with Crippen LogP contribution in [0.25, 0.3) is 0 Å². The van der Waals surface area contributed by atoms with Crippen molar-refractivity contribution in [3.63, 3.8) is 0 Å². The lowest BCUT2D eigenvalue weighted by atomic mass is 10.2. The summed E-state index contributed by atoms with van der Waals surface area (Å²) in [6.45, 7) is 3.83. The van der Waals surface area contributed by atoms with E-state index in [9.17, 15) is 9.59 Å². The molecule has 0 bridgehead atoms. The molecule has 0 spiro atoms. The van der Waals surface area contributed by atoms with Crippen LogP contribution in [0.15, 0.2) is 42.5 Å². The summed E-state index contributed by atoms with van der Waals surface area (Å²) in [5, 5.41) is 2.68. The number of rotatable bonds is 8. The number of carbonyl (C=O) groups excluding carboxylic acids is 2. The highest BCUT2D eigenvalue weighted by Gasteiger charge is 2.20. The van der Waals surface area contributed by atoms with Crippen molar-refractivity contribution in [1.29, 1.82) is 0 Å². The van der Waals surface area contributed by atoms with Crippen molar-refractivity contribution >= 4 is 17.6 Å². The number of benzene rings is 2. The normalized spacial score (nSPS) is 11.3. The number of carbonyl (C=O) groups is 2. The molecule has 1 N–H and O–H groups in total. The van der Waals surface area contributed by atoms with E-state index in [-0.39, 0.29) is 5.56 Å². The van der Waals surface area contributed by atoms with Crippen molar-refractivity contribution in [1.82, 2.24) is 0 Å². The van der Waals surface area contributed by atoms with E-state index in [1.54, 1.807) is 43.5 Å². The van der Waals surface area contributed by atoms with Crippen molar-refractivity contribution in [3.05, 3.63) is 48.0 Å². The molecule has 2 aromatic rings. The van der Waals surface area contributed by atoms with Gasteiger partial charge in [-0.3, -0.25) is 4.79 Å². The first-order chi connectivity index (χ1) is 13.0. The molecule has 0 aromatic heterocycles. The van der Waals surface area contributed by atoms with Crippen LogP contribution >= 0.6 is 0 Å². The molecule has 0 aliphatic carbocycles. The van der Waals surface area contributed by atoms with Crippen LogP contribution in [0.3, 0.4) is 0 Å². The highest BCUT2D eigenvalue weighted by Crippen LogP contribution is 2.28. The van der Waals surface area contributed by atoms with E-state index < -0.39 is 18.0 Å². The maximum atomic E-state index is 12.3. The Hall–Kier alpha value is -3.22. The molecular weight excluding hydrogens is 350 g/mol. The zero-order valence-electron chi connectivity index (χ0n) is 15.8. The molecule has 0 saturated heterocycles. The Bertz CT molecular complexity index is 788. The average molecular weight is 373 g/mol. The SMILES string of the molecule is CCOc1ccc(C(=O)O[C@@H](C)C(=O)Nc2ccc(OC)cc2)cc1OC. The number of hydrogen-bond donors (Lipinski definition) is 1. The summed E-state index contributed by atoms with van der Waals surface area (Å²) in [5.74, 6) is 0.556. The summed E-state index contributed by atoms with van der Waals surface area (Å²) in [5.41, 5.74) is 0.839. The second kappa shape index (κ2) is 9.47. The minimum atomic E-state index is -0.975. The predicted octanol–water partition coefficient (Wildman–Crippen LogP) is 3.29. The van der Waals surface area contributed by atoms with Crippen molar-refractivity contribution < 1.29 is 28.5 Å². The van der Waals surface area contributed by atoms with Crippen LogP contribution in [0, 0.1) is 0 Å². The van der Waals surface area contributed by atoms with Gasteiger partial charge in [-0.25, -0.2) is 4.79 Å². The second-order valence-corrected chi connectivity index (χ2v) is 5.56. The van der Waals surface area contributed by atoms with Gasteiger partial charge in [0.15, 0.2) is 17.6 Å². The summed E-state index contributed by atoms with van der Waals surface area (Å²) in [4.78, 5) is 24.5. The standard InChI is InChI=1S/C20H23NO6/c1-5-26-17-11-6-14(12-18(17)25-4)20(23)27-13(2)19(22)21-15-7-9-16(24-3)10-8-15/h6-13H,5H2,1-4H3,(H,21,22)/t13-/m0/s1. The molecule has 7 heteroatoms. The first-order valence-corrected chi connectivity index (χ1v) is 8.45. The molecule has 0 unspecified atom stereocenters. The summed E-state index contributed by atoms with van der Waals surface area (Å²) < 4.78 is 20.9. The molecule has 0 aliphatic rings. The molecule has 27 heavy (non-hydrogen) atoms. The number of nitrogens with one attached hydrogen (secondary N) is 1. The van der Waals surface area contributed by atoms with Gasteiger partial charge in [-0.15, -0.1) is 0 Å². The first kappa shape index (κ1) is 20.1. The summed E-state index contributed by atoms with van der Waals surface area (Å²) in [6, 6.07) is 11.5. The van der Waals surface area contributed by atoms with Crippen LogP contribution in [-0.4, -0.2) is 38.8 Å². The lowest BCUT2D eigenvalue weighted by Crippen LogP contribution is -2.30. The lowest BCUT2D eigenvalue weighted by Gasteiger charge is -2.15. The third-order valence-corrected chi connectivity index (χ3v) is 3.71. The first-order valence-electron chi connectivity index (χ1n) is 8.45. The molecule has 0 fully saturated rings. The molecule has 2 rings (SSSR count). The maximum Gasteiger partial charge on any atom is 0.339 e. The Morgan fingerprint density at radius 1 is 1.00 bits per heavy atom. The zero-order chi connectivity index (χ0) is 19.8. The minimum Gasteiger partial charge on any atom is -0.497 e. The van der Waals surface area contributed by atoms with E-state index >= 15 is 0 Å². The van der Waals surface area contributed by atoms with Gasteiger partial charge in [-0.05, 0) is 56.3 Å². The zero-order valence-corrected chi connectivity index (χ0v) is 15.8. The molecule has 0 saturated carbocycles. The lowest BCUT2D eigenvalue weighted by molar-refractivity contribution is -0.123. The minimum absolute atomic E-state index is 0.263. The van der Waals surface area contributed by atoms with Gasteiger partial charge in [-0.1, -0.05) is 0 Å². The predicted molar refractivity (Wildman–Crippen MR) is 101 cm³/mol. The molecule has 7 nitrogen and oxygen atoms in total. The van der Waals surface area contributed by atoms with Crippen molar-refractivity contribution in [3.8, 4) is 17.2 Å². The number of esters is 1. The van der Waals surface area contributed by atoms with Gasteiger partial charge in [0.2, 0.25) is 0 Å². The molecule has 0 aliphatic heterocycles. The number of methoxy groups -OCH3 is 2. The monoisotopic (exact) mass is 373 g/mol. The number of hydrogen-bond acceptors (Lipinski definition) is 6. The van der Waals surface area contributed by atoms with Crippen LogP contribution in [-0.2, 0) is 9.53 Å². The molecule has 1 atom stereocenters. The van der Waals surface area contributed by atoms with Gasteiger partial charge < -0.3 is 24.3 Å². The Kier molecular flexibility index (Phi) is 7.05. The smallest absolute Gasteiger partial charge is 0.339 e. The number of amides is 1. The van der Waals surface area contributed by atoms with Crippen molar-refractivity contribution in [2.75, 3.05) is 26.1 Å². The van der Waals surface area contributed by atoms with E-state index in [1.165, 1.54) is 20.1 Å². The van der Waals surface area contributed by atoms with Gasteiger partial charge in [0.05, 0.1) is 26.4 Å². The summed E-state index contributed by atoms with van der Waals surface area (Å²) in [7, 11) is 3.04. The van der Waals surface area contributed by atoms with E-state index in [4.69, 9.17) is 18.9 Å². The fourth-order valence-corrected chi connectivity index (χ4v) is 2.27. The highest BCUT2D eigenvalue weighted by atomic mass is 16.5. The molecule has 0 heterocycles. The maximum absolute atomic E-state index is 12.3. The van der Waals surface area contributed by atoms with Crippen LogP contribution < -0.4 is 19.5 Å². The molecule has 0 radical (unpaired) electrons. The van der Waals surface area contributed by atoms with Gasteiger partial charge in [0, 0.05) is 5.69 Å². The van der Waals surface area contributed by atoms with E-state index in [0.29, 0.717) is 29.5 Å². The molecule has 144 valence electrons. The van der Waals surface area contributed by atoms with Crippen LogP contribution in [0.2, 0.25) is 0 Å². The third-order valence-electron chi connectivity index (χ3n) is 3.71. The Morgan fingerprint density at radius 3 is 2.30 bits per heavy atom. The highest BCUT2D eigenvalue weighted by molar-refractivity contribution is 5.97. The molecular formula is C20H23NO6. The Morgan fingerprint density at radius 2 is 1.70 bits per heavy atom. The Balaban J connectivity index is 2.00. The number of ether oxygens (including phenoxy) is 4. The topological polar surface area (TPSA) is 83.1 Å². The Labute approximate surface area is 158 Å². The fourth-order valence-electron chi connectivity index (χ4n) is 2.27. The van der Waals surface area contributed by atoms with Gasteiger partial charge in [0.1, 0.15) is 5.75 Å². The van der Waals surface area contributed by atoms with Crippen LogP contribution in [0.1, 0.15) is 24.2 Å². The summed E-state index contributed by atoms with van der Waals surface area (Å²) >= 11 is 0. The number of anilines is 1. The average Bonchev–Trinajstić information content (AvgIpc) is 2.68. The summed E-state index contributed by atoms with van der Waals surface area (Å²) in [6.07, 6.45) is -0.975. The van der Waals surface area contributed by atoms with Crippen molar-refractivity contribution in [2.24, 2.45) is 0 Å².